The van der Waals surface area contributed by atoms with E-state index < -0.39 is 0 Å². The molecule has 0 spiro atoms. The van der Waals surface area contributed by atoms with Gasteiger partial charge >= 0.3 is 0 Å². The van der Waals surface area contributed by atoms with Crippen LogP contribution in [-0.4, -0.2) is 15.8 Å². The zero-order chi connectivity index (χ0) is 14.4. The molecule has 4 aliphatic carbocycles. The quantitative estimate of drug-likeness (QED) is 0.897. The lowest BCUT2D eigenvalue weighted by Gasteiger charge is -2.59. The molecule has 1 heterocycles. The smallest absolute Gasteiger partial charge is 0.0534 e. The summed E-state index contributed by atoms with van der Waals surface area (Å²) in [5.41, 5.74) is 1.93. The van der Waals surface area contributed by atoms with E-state index >= 15 is 0 Å². The van der Waals surface area contributed by atoms with Crippen LogP contribution in [0.3, 0.4) is 0 Å². The zero-order valence-corrected chi connectivity index (χ0v) is 13.5. The summed E-state index contributed by atoms with van der Waals surface area (Å²) in [6.45, 7) is 6.52. The summed E-state index contributed by atoms with van der Waals surface area (Å²) < 4.78 is 2.02. The van der Waals surface area contributed by atoms with E-state index in [0.717, 1.165) is 30.8 Å². The minimum atomic E-state index is 0.607. The van der Waals surface area contributed by atoms with Crippen molar-refractivity contribution in [1.29, 1.82) is 0 Å². The van der Waals surface area contributed by atoms with Gasteiger partial charge in [0.25, 0.3) is 0 Å². The molecule has 116 valence electrons. The molecular weight excluding hydrogens is 258 g/mol. The Balaban J connectivity index is 1.41. The van der Waals surface area contributed by atoms with Crippen LogP contribution in [0.2, 0.25) is 0 Å². The predicted molar refractivity (Wildman–Crippen MR) is 84.8 cm³/mol. The number of rotatable bonds is 5. The van der Waals surface area contributed by atoms with E-state index in [4.69, 9.17) is 0 Å². The minimum Gasteiger partial charge on any atom is -0.310 e. The fourth-order valence-electron chi connectivity index (χ4n) is 5.87. The molecule has 4 saturated carbocycles. The molecule has 1 N–H and O–H groups in total. The van der Waals surface area contributed by atoms with Crippen molar-refractivity contribution in [2.45, 2.75) is 71.5 Å². The van der Waals surface area contributed by atoms with Crippen LogP contribution in [0, 0.1) is 23.2 Å². The van der Waals surface area contributed by atoms with Gasteiger partial charge in [0.2, 0.25) is 0 Å². The highest BCUT2D eigenvalue weighted by molar-refractivity contribution is 5.07. The fourth-order valence-corrected chi connectivity index (χ4v) is 5.87. The topological polar surface area (TPSA) is 29.9 Å². The maximum absolute atomic E-state index is 4.38. The van der Waals surface area contributed by atoms with Crippen molar-refractivity contribution in [3.63, 3.8) is 0 Å². The molecule has 4 bridgehead atoms. The fraction of sp³-hybridized carbons (Fsp3) is 0.833. The van der Waals surface area contributed by atoms with E-state index in [2.05, 4.69) is 30.5 Å². The van der Waals surface area contributed by atoms with E-state index in [0.29, 0.717) is 11.5 Å². The van der Waals surface area contributed by atoms with Crippen LogP contribution in [0.4, 0.5) is 0 Å². The molecule has 1 unspecified atom stereocenters. The molecule has 3 nitrogen and oxygen atoms in total. The Kier molecular flexibility index (Phi) is 3.36. The highest BCUT2D eigenvalue weighted by Gasteiger charge is 2.52. The molecule has 1 aromatic heterocycles. The first-order valence-corrected chi connectivity index (χ1v) is 8.91. The molecule has 4 fully saturated rings. The van der Waals surface area contributed by atoms with Gasteiger partial charge in [-0.25, -0.2) is 0 Å². The molecular formula is C18H29N3. The van der Waals surface area contributed by atoms with Crippen LogP contribution >= 0.6 is 0 Å². The molecule has 0 amide bonds. The van der Waals surface area contributed by atoms with Crippen molar-refractivity contribution in [1.82, 2.24) is 15.1 Å². The maximum Gasteiger partial charge on any atom is 0.0534 e. The molecule has 0 radical (unpaired) electrons. The minimum absolute atomic E-state index is 0.607. The average molecular weight is 287 g/mol. The predicted octanol–water partition coefficient (Wildman–Crippen LogP) is 3.60. The highest BCUT2D eigenvalue weighted by atomic mass is 15.3. The summed E-state index contributed by atoms with van der Waals surface area (Å²) in [5, 5.41) is 8.22. The maximum atomic E-state index is 4.38. The normalized spacial score (nSPS) is 38.9. The Morgan fingerprint density at radius 1 is 1.24 bits per heavy atom. The van der Waals surface area contributed by atoms with Crippen LogP contribution < -0.4 is 5.32 Å². The van der Waals surface area contributed by atoms with Crippen LogP contribution in [0.25, 0.3) is 0 Å². The standard InChI is InChI=1S/C18H29N3/c1-3-21-12-17(11-20-21)10-19-13(2)18-7-14-4-15(8-18)6-16(5-14)9-18/h11-16,19H,3-10H2,1-2H3. The van der Waals surface area contributed by atoms with Gasteiger partial charge in [0.15, 0.2) is 0 Å². The van der Waals surface area contributed by atoms with Crippen molar-refractivity contribution in [3.05, 3.63) is 18.0 Å². The number of aromatic nitrogens is 2. The number of hydrogen-bond acceptors (Lipinski definition) is 2. The van der Waals surface area contributed by atoms with Gasteiger partial charge in [0.1, 0.15) is 0 Å². The lowest BCUT2D eigenvalue weighted by atomic mass is 9.48. The molecule has 0 aromatic carbocycles. The first-order chi connectivity index (χ1) is 10.2. The third-order valence-electron chi connectivity index (χ3n) is 6.63. The van der Waals surface area contributed by atoms with E-state index in [1.54, 1.807) is 0 Å². The van der Waals surface area contributed by atoms with Gasteiger partial charge < -0.3 is 5.32 Å². The second-order valence-electron chi connectivity index (χ2n) is 8.09. The molecule has 1 atom stereocenters. The Labute approximate surface area is 128 Å². The van der Waals surface area contributed by atoms with Crippen LogP contribution in [0.1, 0.15) is 57.9 Å². The lowest BCUT2D eigenvalue weighted by Crippen LogP contribution is -2.54. The molecule has 4 aliphatic rings. The summed E-state index contributed by atoms with van der Waals surface area (Å²) in [4.78, 5) is 0. The molecule has 0 aliphatic heterocycles. The summed E-state index contributed by atoms with van der Waals surface area (Å²) in [7, 11) is 0. The van der Waals surface area contributed by atoms with Crippen molar-refractivity contribution in [2.75, 3.05) is 0 Å². The van der Waals surface area contributed by atoms with Crippen molar-refractivity contribution in [3.8, 4) is 0 Å². The lowest BCUT2D eigenvalue weighted by molar-refractivity contribution is -0.0706. The van der Waals surface area contributed by atoms with Gasteiger partial charge in [-0.15, -0.1) is 0 Å². The molecule has 21 heavy (non-hydrogen) atoms. The number of hydrogen-bond donors (Lipinski definition) is 1. The first-order valence-electron chi connectivity index (χ1n) is 8.91. The van der Waals surface area contributed by atoms with E-state index in [1.165, 1.54) is 44.1 Å². The van der Waals surface area contributed by atoms with Crippen molar-refractivity contribution in [2.24, 2.45) is 23.2 Å². The SMILES string of the molecule is CCn1cc(CNC(C)C23CC4CC(CC(C4)C2)C3)cn1. The van der Waals surface area contributed by atoms with E-state index in [-0.39, 0.29) is 0 Å². The summed E-state index contributed by atoms with van der Waals surface area (Å²) in [6, 6.07) is 0.649. The largest absolute Gasteiger partial charge is 0.310 e. The first kappa shape index (κ1) is 13.8. The average Bonchev–Trinajstić information content (AvgIpc) is 2.91. The number of aryl methyl sites for hydroxylation is 1. The Bertz CT molecular complexity index is 469. The van der Waals surface area contributed by atoms with Gasteiger partial charge in [-0.3, -0.25) is 4.68 Å². The van der Waals surface area contributed by atoms with Gasteiger partial charge in [0.05, 0.1) is 6.20 Å². The van der Waals surface area contributed by atoms with Gasteiger partial charge in [-0.2, -0.15) is 5.10 Å². The molecule has 5 rings (SSSR count). The van der Waals surface area contributed by atoms with Gasteiger partial charge in [-0.1, -0.05) is 0 Å². The van der Waals surface area contributed by atoms with Crippen LogP contribution in [0.15, 0.2) is 12.4 Å². The highest BCUT2D eigenvalue weighted by Crippen LogP contribution is 2.61. The Morgan fingerprint density at radius 2 is 1.86 bits per heavy atom. The van der Waals surface area contributed by atoms with Crippen molar-refractivity contribution >= 4 is 0 Å². The zero-order valence-electron chi connectivity index (χ0n) is 13.5. The van der Waals surface area contributed by atoms with Gasteiger partial charge in [-0.05, 0) is 75.5 Å². The summed E-state index contributed by atoms with van der Waals surface area (Å²) >= 11 is 0. The number of nitrogens with zero attached hydrogens (tertiary/aromatic N) is 2. The third-order valence-corrected chi connectivity index (χ3v) is 6.63. The van der Waals surface area contributed by atoms with Crippen molar-refractivity contribution < 1.29 is 0 Å². The van der Waals surface area contributed by atoms with E-state index in [1.807, 2.05) is 10.9 Å². The molecule has 1 aromatic rings. The van der Waals surface area contributed by atoms with Crippen LogP contribution in [-0.2, 0) is 13.1 Å². The summed E-state index contributed by atoms with van der Waals surface area (Å²) in [6.07, 6.45) is 13.3. The second-order valence-corrected chi connectivity index (χ2v) is 8.09. The van der Waals surface area contributed by atoms with Gasteiger partial charge in [0, 0.05) is 30.9 Å². The van der Waals surface area contributed by atoms with E-state index in [9.17, 15) is 0 Å². The Morgan fingerprint density at radius 3 is 2.38 bits per heavy atom. The summed E-state index contributed by atoms with van der Waals surface area (Å²) in [5.74, 6) is 3.13. The monoisotopic (exact) mass is 287 g/mol. The third kappa shape index (κ3) is 2.44. The second kappa shape index (κ2) is 5.12. The van der Waals surface area contributed by atoms with Crippen LogP contribution in [0.5, 0.6) is 0 Å². The number of nitrogens with one attached hydrogen (secondary N) is 1. The molecule has 3 heteroatoms. The Hall–Kier alpha value is -0.830. The molecule has 0 saturated heterocycles.